The number of H-pyrrole nitrogens is 1. The number of hydrogen-bond donors (Lipinski definition) is 2. The summed E-state index contributed by atoms with van der Waals surface area (Å²) in [7, 11) is 1.78. The van der Waals surface area contributed by atoms with E-state index in [9.17, 15) is 13.6 Å². The van der Waals surface area contributed by atoms with Crippen molar-refractivity contribution in [3.05, 3.63) is 24.4 Å². The Bertz CT molecular complexity index is 1320. The largest absolute Gasteiger partial charge is 0.350 e. The summed E-state index contributed by atoms with van der Waals surface area (Å²) in [6.07, 6.45) is 3.68. The molecule has 2 N–H and O–H groups in total. The van der Waals surface area contributed by atoms with E-state index < -0.39 is 13.0 Å². The number of nitrogens with one attached hydrogen (secondary N) is 2. The Morgan fingerprint density at radius 3 is 2.88 bits per heavy atom. The summed E-state index contributed by atoms with van der Waals surface area (Å²) >= 11 is 0. The van der Waals surface area contributed by atoms with Crippen LogP contribution in [0, 0.1) is 6.92 Å². The normalized spacial score (nSPS) is 17.1. The fraction of sp³-hybridized carbons (Fsp3) is 0.400. The van der Waals surface area contributed by atoms with Gasteiger partial charge in [-0.3, -0.25) is 4.79 Å². The van der Waals surface area contributed by atoms with Crippen LogP contribution in [0.4, 0.5) is 14.7 Å². The van der Waals surface area contributed by atoms with Gasteiger partial charge in [0.15, 0.2) is 11.3 Å². The lowest BCUT2D eigenvalue weighted by molar-refractivity contribution is -0.132. The molecule has 166 valence electrons. The molecule has 32 heavy (non-hydrogen) atoms. The second kappa shape index (κ2) is 7.77. The van der Waals surface area contributed by atoms with Crippen molar-refractivity contribution in [2.45, 2.75) is 38.8 Å². The molecule has 1 atom stereocenters. The fourth-order valence-electron chi connectivity index (χ4n) is 3.99. The zero-order valence-electron chi connectivity index (χ0n) is 17.5. The van der Waals surface area contributed by atoms with Gasteiger partial charge in [-0.2, -0.15) is 4.98 Å². The van der Waals surface area contributed by atoms with Crippen molar-refractivity contribution in [2.24, 2.45) is 0 Å². The van der Waals surface area contributed by atoms with Crippen molar-refractivity contribution in [2.75, 3.05) is 18.9 Å². The number of carbonyl (C=O) groups excluding carboxylic acids is 1. The molecule has 1 saturated heterocycles. The molecule has 1 amide bonds. The number of anilines is 1. The van der Waals surface area contributed by atoms with Crippen LogP contribution >= 0.6 is 0 Å². The predicted molar refractivity (Wildman–Crippen MR) is 113 cm³/mol. The molecular weight excluding hydrogens is 420 g/mol. The first-order valence-corrected chi connectivity index (χ1v) is 10.2. The highest BCUT2D eigenvalue weighted by atomic mass is 19.3. The zero-order chi connectivity index (χ0) is 22.4. The Hall–Kier alpha value is -3.70. The van der Waals surface area contributed by atoms with Crippen molar-refractivity contribution < 1.29 is 13.6 Å². The van der Waals surface area contributed by atoms with E-state index in [1.807, 2.05) is 0 Å². The number of halogens is 2. The van der Waals surface area contributed by atoms with Crippen LogP contribution in [0.5, 0.6) is 0 Å². The maximum absolute atomic E-state index is 13.0. The summed E-state index contributed by atoms with van der Waals surface area (Å²) in [5.74, 6) is 1.04. The molecule has 0 aromatic carbocycles. The van der Waals surface area contributed by atoms with Gasteiger partial charge in [-0.25, -0.2) is 28.7 Å². The summed E-state index contributed by atoms with van der Waals surface area (Å²) in [5, 5.41) is 4.01. The minimum Gasteiger partial charge on any atom is -0.350 e. The summed E-state index contributed by atoms with van der Waals surface area (Å²) in [6, 6.07) is 0.0798. The van der Waals surface area contributed by atoms with E-state index in [-0.39, 0.29) is 11.9 Å². The third-order valence-electron chi connectivity index (χ3n) is 5.64. The van der Waals surface area contributed by atoms with Crippen molar-refractivity contribution in [1.82, 2.24) is 39.4 Å². The van der Waals surface area contributed by atoms with Crippen LogP contribution in [0.2, 0.25) is 0 Å². The molecule has 5 heterocycles. The molecular formula is C20H21F2N9O. The number of imidazole rings is 1. The van der Waals surface area contributed by atoms with Crippen molar-refractivity contribution >= 4 is 34.2 Å². The average molecular weight is 441 g/mol. The standard InChI is InChI=1S/C20H21F2N9O/c1-10-26-18-19(31(10)9-15(21)22)28-14(7-24-18)12-5-23-17-13(12)6-25-20(29-17)27-11-3-4-16(32)30(2)8-11/h5-7,11,15H,3-4,8-9H2,1-2H3,(H2,23,25,27,29)/t11-/m0/s1. The Morgan fingerprint density at radius 1 is 1.25 bits per heavy atom. The zero-order valence-corrected chi connectivity index (χ0v) is 17.5. The Morgan fingerprint density at radius 2 is 2.09 bits per heavy atom. The van der Waals surface area contributed by atoms with Gasteiger partial charge in [0, 0.05) is 49.4 Å². The molecule has 0 saturated carbocycles. The van der Waals surface area contributed by atoms with E-state index in [1.54, 1.807) is 37.5 Å². The van der Waals surface area contributed by atoms with Crippen LogP contribution in [0.25, 0.3) is 33.6 Å². The summed E-state index contributed by atoms with van der Waals surface area (Å²) in [5.41, 5.74) is 2.47. The number of amides is 1. The molecule has 1 fully saturated rings. The number of nitrogens with zero attached hydrogens (tertiary/aromatic N) is 7. The van der Waals surface area contributed by atoms with Crippen LogP contribution in [0.15, 0.2) is 18.6 Å². The van der Waals surface area contributed by atoms with E-state index in [1.165, 1.54) is 4.57 Å². The second-order valence-corrected chi connectivity index (χ2v) is 7.88. The molecule has 4 aromatic rings. The number of aryl methyl sites for hydroxylation is 1. The van der Waals surface area contributed by atoms with Gasteiger partial charge < -0.3 is 19.8 Å². The smallest absolute Gasteiger partial charge is 0.256 e. The van der Waals surface area contributed by atoms with Crippen LogP contribution in [-0.2, 0) is 11.3 Å². The lowest BCUT2D eigenvalue weighted by atomic mass is 10.1. The number of aromatic amines is 1. The molecule has 0 aliphatic carbocycles. The van der Waals surface area contributed by atoms with E-state index in [4.69, 9.17) is 0 Å². The molecule has 12 heteroatoms. The molecule has 10 nitrogen and oxygen atoms in total. The van der Waals surface area contributed by atoms with Gasteiger partial charge in [-0.15, -0.1) is 0 Å². The molecule has 0 spiro atoms. The number of aromatic nitrogens is 7. The van der Waals surface area contributed by atoms with Gasteiger partial charge in [0.1, 0.15) is 11.5 Å². The van der Waals surface area contributed by atoms with Crippen molar-refractivity contribution in [3.8, 4) is 11.3 Å². The first-order chi connectivity index (χ1) is 15.4. The van der Waals surface area contributed by atoms with E-state index >= 15 is 0 Å². The predicted octanol–water partition coefficient (Wildman–Crippen LogP) is 2.37. The third kappa shape index (κ3) is 3.61. The molecule has 0 radical (unpaired) electrons. The SMILES string of the molecule is Cc1nc2ncc(-c3c[nH]c4nc(N[C@H]5CCC(=O)N(C)C5)ncc34)nc2n1CC(F)F. The number of carbonyl (C=O) groups is 1. The van der Waals surface area contributed by atoms with Gasteiger partial charge in [0.25, 0.3) is 6.43 Å². The lowest BCUT2D eigenvalue weighted by Gasteiger charge is -2.30. The summed E-state index contributed by atoms with van der Waals surface area (Å²) in [4.78, 5) is 38.5. The quantitative estimate of drug-likeness (QED) is 0.488. The summed E-state index contributed by atoms with van der Waals surface area (Å²) < 4.78 is 27.4. The summed E-state index contributed by atoms with van der Waals surface area (Å²) in [6.45, 7) is 1.76. The van der Waals surface area contributed by atoms with Crippen molar-refractivity contribution in [1.29, 1.82) is 0 Å². The van der Waals surface area contributed by atoms with Gasteiger partial charge in [-0.1, -0.05) is 0 Å². The molecule has 1 aliphatic heterocycles. The first kappa shape index (κ1) is 20.2. The first-order valence-electron chi connectivity index (χ1n) is 10.2. The topological polar surface area (TPSA) is 118 Å². The van der Waals surface area contributed by atoms with Crippen molar-refractivity contribution in [3.63, 3.8) is 0 Å². The van der Waals surface area contributed by atoms with Crippen LogP contribution in [-0.4, -0.2) is 71.3 Å². The third-order valence-corrected chi connectivity index (χ3v) is 5.64. The minimum absolute atomic E-state index is 0.0798. The number of likely N-dealkylation sites (N-methyl/N-ethyl adjacent to an activating group) is 1. The number of rotatable bonds is 5. The highest BCUT2D eigenvalue weighted by Gasteiger charge is 2.23. The maximum atomic E-state index is 13.0. The number of hydrogen-bond acceptors (Lipinski definition) is 7. The maximum Gasteiger partial charge on any atom is 0.256 e. The molecule has 1 aliphatic rings. The molecule has 0 bridgehead atoms. The fourth-order valence-corrected chi connectivity index (χ4v) is 3.99. The number of alkyl halides is 2. The van der Waals surface area contributed by atoms with Crippen LogP contribution in [0.1, 0.15) is 18.7 Å². The molecule has 4 aromatic heterocycles. The van der Waals surface area contributed by atoms with Gasteiger partial charge >= 0.3 is 0 Å². The minimum atomic E-state index is -2.52. The number of fused-ring (bicyclic) bond motifs is 2. The highest BCUT2D eigenvalue weighted by molar-refractivity contribution is 5.93. The Labute approximate surface area is 181 Å². The van der Waals surface area contributed by atoms with Gasteiger partial charge in [0.2, 0.25) is 11.9 Å². The Kier molecular flexibility index (Phi) is 4.91. The second-order valence-electron chi connectivity index (χ2n) is 7.88. The Balaban J connectivity index is 1.45. The highest BCUT2D eigenvalue weighted by Crippen LogP contribution is 2.28. The van der Waals surface area contributed by atoms with E-state index in [2.05, 4.69) is 35.2 Å². The molecule has 0 unspecified atom stereocenters. The number of piperidine rings is 1. The average Bonchev–Trinajstić information content (AvgIpc) is 3.31. The van der Waals surface area contributed by atoms with E-state index in [0.717, 1.165) is 11.8 Å². The van der Waals surface area contributed by atoms with Crippen LogP contribution in [0.3, 0.4) is 0 Å². The molecule has 5 rings (SSSR count). The van der Waals surface area contributed by atoms with Gasteiger partial charge in [-0.05, 0) is 13.3 Å². The van der Waals surface area contributed by atoms with Crippen LogP contribution < -0.4 is 5.32 Å². The lowest BCUT2D eigenvalue weighted by Crippen LogP contribution is -2.43. The number of likely N-dealkylation sites (tertiary alicyclic amines) is 1. The van der Waals surface area contributed by atoms with E-state index in [0.29, 0.717) is 52.9 Å². The van der Waals surface area contributed by atoms with Gasteiger partial charge in [0.05, 0.1) is 18.4 Å². The monoisotopic (exact) mass is 441 g/mol.